The second-order valence-electron chi connectivity index (χ2n) is 9.68. The topological polar surface area (TPSA) is 96.0 Å². The number of methoxy groups -OCH3 is 1. The molecular formula is C29H32Cl3N3O5S. The summed E-state index contributed by atoms with van der Waals surface area (Å²) in [6.07, 6.45) is 0. The third-order valence-corrected chi connectivity index (χ3v) is 9.07. The summed E-state index contributed by atoms with van der Waals surface area (Å²) in [5.41, 5.74) is 0.568. The molecule has 0 aliphatic rings. The first-order valence-corrected chi connectivity index (χ1v) is 15.4. The molecule has 0 aliphatic carbocycles. The van der Waals surface area contributed by atoms with Crippen molar-refractivity contribution in [1.82, 2.24) is 10.2 Å². The van der Waals surface area contributed by atoms with Gasteiger partial charge in [0.2, 0.25) is 11.8 Å². The van der Waals surface area contributed by atoms with Crippen LogP contribution in [0.1, 0.15) is 26.3 Å². The van der Waals surface area contributed by atoms with Crippen LogP contribution in [0.5, 0.6) is 5.75 Å². The molecule has 0 radical (unpaired) electrons. The number of nitrogens with one attached hydrogen (secondary N) is 1. The van der Waals surface area contributed by atoms with Crippen LogP contribution in [0.3, 0.4) is 0 Å². The van der Waals surface area contributed by atoms with Gasteiger partial charge in [-0.25, -0.2) is 8.42 Å². The lowest BCUT2D eigenvalue weighted by molar-refractivity contribution is -0.139. The molecule has 0 aromatic heterocycles. The minimum atomic E-state index is -4.24. The lowest BCUT2D eigenvalue weighted by Gasteiger charge is -2.32. The highest BCUT2D eigenvalue weighted by atomic mass is 35.5. The summed E-state index contributed by atoms with van der Waals surface area (Å²) in [5, 5.41) is 3.60. The fourth-order valence-corrected chi connectivity index (χ4v) is 6.14. The molecule has 0 saturated heterocycles. The highest BCUT2D eigenvalue weighted by molar-refractivity contribution is 7.92. The SMILES string of the molecule is COc1ccc(N(CC(=O)N(Cc2c(Cl)cccc2Cl)[C@H](C)C(=O)NCC(C)C)S(=O)(=O)c2ccccc2)cc1Cl. The van der Waals surface area contributed by atoms with Crippen molar-refractivity contribution in [2.45, 2.75) is 38.3 Å². The Morgan fingerprint density at radius 1 is 0.902 bits per heavy atom. The van der Waals surface area contributed by atoms with Crippen LogP contribution in [0, 0.1) is 5.92 Å². The van der Waals surface area contributed by atoms with Crippen molar-refractivity contribution >= 4 is 62.3 Å². The average molecular weight is 641 g/mol. The summed E-state index contributed by atoms with van der Waals surface area (Å²) >= 11 is 19.2. The van der Waals surface area contributed by atoms with Crippen molar-refractivity contribution in [3.8, 4) is 5.75 Å². The molecule has 0 saturated carbocycles. The Bertz CT molecular complexity index is 1470. The summed E-state index contributed by atoms with van der Waals surface area (Å²) in [7, 11) is -2.81. The fourth-order valence-electron chi connectivity index (χ4n) is 3.95. The molecule has 1 N–H and O–H groups in total. The van der Waals surface area contributed by atoms with Gasteiger partial charge in [-0.2, -0.15) is 0 Å². The van der Waals surface area contributed by atoms with Crippen molar-refractivity contribution in [3.63, 3.8) is 0 Å². The quantitative estimate of drug-likeness (QED) is 0.261. The van der Waals surface area contributed by atoms with E-state index >= 15 is 0 Å². The van der Waals surface area contributed by atoms with Gasteiger partial charge < -0.3 is 15.0 Å². The molecule has 41 heavy (non-hydrogen) atoms. The minimum Gasteiger partial charge on any atom is -0.495 e. The first kappa shape index (κ1) is 32.5. The molecule has 0 fully saturated rings. The van der Waals surface area contributed by atoms with E-state index in [4.69, 9.17) is 39.5 Å². The molecule has 0 spiro atoms. The predicted molar refractivity (Wildman–Crippen MR) is 163 cm³/mol. The first-order chi connectivity index (χ1) is 19.4. The van der Waals surface area contributed by atoms with E-state index in [1.165, 1.54) is 42.3 Å². The maximum absolute atomic E-state index is 14.0. The van der Waals surface area contributed by atoms with Crippen molar-refractivity contribution < 1.29 is 22.7 Å². The first-order valence-electron chi connectivity index (χ1n) is 12.8. The highest BCUT2D eigenvalue weighted by Gasteiger charge is 2.33. The van der Waals surface area contributed by atoms with Crippen LogP contribution < -0.4 is 14.4 Å². The Labute approximate surface area is 256 Å². The number of sulfonamides is 1. The molecule has 3 aromatic carbocycles. The van der Waals surface area contributed by atoms with E-state index in [0.717, 1.165) is 4.31 Å². The number of hydrogen-bond acceptors (Lipinski definition) is 5. The second kappa shape index (κ2) is 14.3. The lowest BCUT2D eigenvalue weighted by atomic mass is 10.1. The number of amides is 2. The number of hydrogen-bond donors (Lipinski definition) is 1. The molecular weight excluding hydrogens is 609 g/mol. The number of halogens is 3. The number of nitrogens with zero attached hydrogens (tertiary/aromatic N) is 2. The molecule has 2 amide bonds. The zero-order chi connectivity index (χ0) is 30.3. The van der Waals surface area contributed by atoms with E-state index in [1.807, 2.05) is 13.8 Å². The molecule has 3 aromatic rings. The minimum absolute atomic E-state index is 0.0248. The molecule has 0 heterocycles. The van der Waals surface area contributed by atoms with Crippen molar-refractivity contribution in [1.29, 1.82) is 0 Å². The summed E-state index contributed by atoms with van der Waals surface area (Å²) in [6.45, 7) is 5.10. The van der Waals surface area contributed by atoms with E-state index in [0.29, 0.717) is 27.9 Å². The number of ether oxygens (including phenoxy) is 1. The van der Waals surface area contributed by atoms with Crippen LogP contribution >= 0.6 is 34.8 Å². The molecule has 1 atom stereocenters. The number of rotatable bonds is 12. The van der Waals surface area contributed by atoms with Crippen molar-refractivity contribution in [3.05, 3.63) is 87.4 Å². The van der Waals surface area contributed by atoms with Crippen LogP contribution in [-0.4, -0.2) is 51.4 Å². The van der Waals surface area contributed by atoms with Gasteiger partial charge in [-0.3, -0.25) is 13.9 Å². The Kier molecular flexibility index (Phi) is 11.3. The number of benzene rings is 3. The normalized spacial score (nSPS) is 12.1. The molecule has 12 heteroatoms. The number of carbonyl (C=O) groups is 2. The molecule has 8 nitrogen and oxygen atoms in total. The number of carbonyl (C=O) groups excluding carboxylic acids is 2. The highest BCUT2D eigenvalue weighted by Crippen LogP contribution is 2.32. The van der Waals surface area contributed by atoms with Gasteiger partial charge in [0.15, 0.2) is 0 Å². The molecule has 220 valence electrons. The smallest absolute Gasteiger partial charge is 0.264 e. The van der Waals surface area contributed by atoms with Gasteiger partial charge in [-0.1, -0.05) is 72.9 Å². The van der Waals surface area contributed by atoms with Gasteiger partial charge in [-0.05, 0) is 55.3 Å². The van der Waals surface area contributed by atoms with Gasteiger partial charge in [0.25, 0.3) is 10.0 Å². The van der Waals surface area contributed by atoms with Crippen LogP contribution in [0.25, 0.3) is 0 Å². The van der Waals surface area contributed by atoms with E-state index in [1.54, 1.807) is 43.3 Å². The zero-order valence-corrected chi connectivity index (χ0v) is 26.2. The third-order valence-electron chi connectivity index (χ3n) is 6.28. The van der Waals surface area contributed by atoms with Crippen LogP contribution in [0.2, 0.25) is 15.1 Å². The van der Waals surface area contributed by atoms with Gasteiger partial charge >= 0.3 is 0 Å². The van der Waals surface area contributed by atoms with E-state index in [-0.39, 0.29) is 28.1 Å². The van der Waals surface area contributed by atoms with Gasteiger partial charge in [0.05, 0.1) is 22.7 Å². The maximum atomic E-state index is 14.0. The Hall–Kier alpha value is -2.98. The predicted octanol–water partition coefficient (Wildman–Crippen LogP) is 6.04. The Morgan fingerprint density at radius 3 is 2.10 bits per heavy atom. The molecule has 0 unspecified atom stereocenters. The fraction of sp³-hybridized carbons (Fsp3) is 0.310. The van der Waals surface area contributed by atoms with Gasteiger partial charge in [-0.15, -0.1) is 0 Å². The second-order valence-corrected chi connectivity index (χ2v) is 12.8. The van der Waals surface area contributed by atoms with Crippen LogP contribution in [0.15, 0.2) is 71.6 Å². The summed E-state index contributed by atoms with van der Waals surface area (Å²) in [5.74, 6) is -0.538. The third kappa shape index (κ3) is 8.07. The molecule has 3 rings (SSSR count). The summed E-state index contributed by atoms with van der Waals surface area (Å²) < 4.78 is 33.9. The summed E-state index contributed by atoms with van der Waals surface area (Å²) in [6, 6.07) is 16.1. The van der Waals surface area contributed by atoms with E-state index < -0.39 is 34.4 Å². The Balaban J connectivity index is 2.07. The number of anilines is 1. The van der Waals surface area contributed by atoms with Gasteiger partial charge in [0, 0.05) is 28.7 Å². The maximum Gasteiger partial charge on any atom is 0.264 e. The zero-order valence-electron chi connectivity index (χ0n) is 23.1. The van der Waals surface area contributed by atoms with Crippen molar-refractivity contribution in [2.75, 3.05) is 24.5 Å². The largest absolute Gasteiger partial charge is 0.495 e. The monoisotopic (exact) mass is 639 g/mol. The standard InChI is InChI=1S/C29H32Cl3N3O5S/c1-19(2)16-33-29(37)20(3)34(17-23-24(30)11-8-12-25(23)31)28(36)18-35(21-13-14-27(40-4)26(32)15-21)41(38,39)22-9-6-5-7-10-22/h5-15,19-20H,16-18H2,1-4H3,(H,33,37)/t20-/m1/s1. The van der Waals surface area contributed by atoms with Gasteiger partial charge in [0.1, 0.15) is 18.3 Å². The Morgan fingerprint density at radius 2 is 1.54 bits per heavy atom. The van der Waals surface area contributed by atoms with E-state index in [2.05, 4.69) is 5.32 Å². The van der Waals surface area contributed by atoms with Crippen LogP contribution in [-0.2, 0) is 26.2 Å². The summed E-state index contributed by atoms with van der Waals surface area (Å²) in [4.78, 5) is 28.4. The molecule has 0 bridgehead atoms. The van der Waals surface area contributed by atoms with E-state index in [9.17, 15) is 18.0 Å². The van der Waals surface area contributed by atoms with Crippen molar-refractivity contribution in [2.24, 2.45) is 5.92 Å². The lowest BCUT2D eigenvalue weighted by Crippen LogP contribution is -2.51. The van der Waals surface area contributed by atoms with Crippen LogP contribution in [0.4, 0.5) is 5.69 Å². The average Bonchev–Trinajstić information content (AvgIpc) is 2.94. The molecule has 0 aliphatic heterocycles.